The summed E-state index contributed by atoms with van der Waals surface area (Å²) < 4.78 is 0. The summed E-state index contributed by atoms with van der Waals surface area (Å²) in [6.07, 6.45) is 5.87. The average molecular weight is 183 g/mol. The second-order valence-corrected chi connectivity index (χ2v) is 4.26. The fourth-order valence-electron chi connectivity index (χ4n) is 1.29. The van der Waals surface area contributed by atoms with E-state index < -0.39 is 0 Å². The van der Waals surface area contributed by atoms with E-state index in [1.165, 1.54) is 0 Å². The first-order valence-electron chi connectivity index (χ1n) is 4.70. The molecule has 0 radical (unpaired) electrons. The molecule has 0 aliphatic rings. The van der Waals surface area contributed by atoms with Crippen LogP contribution in [0.4, 0.5) is 0 Å². The van der Waals surface area contributed by atoms with E-state index in [-0.39, 0.29) is 0 Å². The van der Waals surface area contributed by atoms with Crippen LogP contribution in [0.25, 0.3) is 0 Å². The summed E-state index contributed by atoms with van der Waals surface area (Å²) in [5, 5.41) is 3.70. The predicted octanol–water partition coefficient (Wildman–Crippen LogP) is 3.25. The summed E-state index contributed by atoms with van der Waals surface area (Å²) in [6, 6.07) is 0. The topological polar surface area (TPSA) is 21.6 Å². The highest BCUT2D eigenvalue weighted by atomic mass is 16.6. The fourth-order valence-corrected chi connectivity index (χ4v) is 1.29. The third-order valence-corrected chi connectivity index (χ3v) is 2.18. The molecular weight excluding hydrogens is 162 g/mol. The quantitative estimate of drug-likeness (QED) is 0.364. The summed E-state index contributed by atoms with van der Waals surface area (Å²) in [4.78, 5) is 4.59. The van der Waals surface area contributed by atoms with E-state index in [4.69, 9.17) is 0 Å². The van der Waals surface area contributed by atoms with Gasteiger partial charge < -0.3 is 4.84 Å². The molecule has 2 heteroatoms. The summed E-state index contributed by atoms with van der Waals surface area (Å²) in [5.41, 5.74) is 0.294. The van der Waals surface area contributed by atoms with Crippen LogP contribution in [0.1, 0.15) is 33.6 Å². The van der Waals surface area contributed by atoms with Gasteiger partial charge in [-0.15, -0.1) is 6.58 Å². The third kappa shape index (κ3) is 5.45. The Balaban J connectivity index is 3.87. The Morgan fingerprint density at radius 3 is 2.46 bits per heavy atom. The number of nitrogens with zero attached hydrogens (tertiary/aromatic N) is 1. The zero-order chi connectivity index (χ0) is 10.3. The van der Waals surface area contributed by atoms with Crippen LogP contribution in [-0.4, -0.2) is 13.3 Å². The van der Waals surface area contributed by atoms with Gasteiger partial charge in [0.15, 0.2) is 0 Å². The van der Waals surface area contributed by atoms with Crippen LogP contribution in [0.3, 0.4) is 0 Å². The van der Waals surface area contributed by atoms with Crippen molar-refractivity contribution in [3.63, 3.8) is 0 Å². The Labute approximate surface area is 81.7 Å². The van der Waals surface area contributed by atoms with E-state index in [2.05, 4.69) is 37.3 Å². The minimum absolute atomic E-state index is 0.294. The van der Waals surface area contributed by atoms with Gasteiger partial charge in [-0.2, -0.15) is 0 Å². The Morgan fingerprint density at radius 2 is 2.08 bits per heavy atom. The fraction of sp³-hybridized carbons (Fsp3) is 0.727. The molecule has 0 N–H and O–H groups in total. The summed E-state index contributed by atoms with van der Waals surface area (Å²) in [5.74, 6) is 0.538. The van der Waals surface area contributed by atoms with Crippen molar-refractivity contribution in [3.8, 4) is 0 Å². The molecule has 0 fully saturated rings. The smallest absolute Gasteiger partial charge is 0.106 e. The maximum atomic E-state index is 4.59. The molecule has 0 heterocycles. The van der Waals surface area contributed by atoms with E-state index in [1.54, 1.807) is 7.11 Å². The first kappa shape index (κ1) is 12.2. The van der Waals surface area contributed by atoms with Crippen molar-refractivity contribution in [3.05, 3.63) is 12.7 Å². The van der Waals surface area contributed by atoms with Crippen molar-refractivity contribution >= 4 is 6.21 Å². The second kappa shape index (κ2) is 5.79. The molecule has 0 amide bonds. The Morgan fingerprint density at radius 1 is 1.46 bits per heavy atom. The monoisotopic (exact) mass is 183 g/mol. The predicted molar refractivity (Wildman–Crippen MR) is 57.9 cm³/mol. The molecule has 13 heavy (non-hydrogen) atoms. The van der Waals surface area contributed by atoms with Gasteiger partial charge >= 0.3 is 0 Å². The van der Waals surface area contributed by atoms with Crippen LogP contribution in [0.15, 0.2) is 17.8 Å². The van der Waals surface area contributed by atoms with E-state index >= 15 is 0 Å². The van der Waals surface area contributed by atoms with E-state index in [1.807, 2.05) is 12.3 Å². The summed E-state index contributed by atoms with van der Waals surface area (Å²) in [7, 11) is 1.56. The molecule has 1 unspecified atom stereocenters. The molecule has 0 saturated carbocycles. The van der Waals surface area contributed by atoms with Crippen LogP contribution in [-0.2, 0) is 4.84 Å². The largest absolute Gasteiger partial charge is 0.399 e. The first-order chi connectivity index (χ1) is 6.02. The molecule has 0 aliphatic carbocycles. The number of hydrogen-bond donors (Lipinski definition) is 0. The molecule has 1 atom stereocenters. The van der Waals surface area contributed by atoms with E-state index in [9.17, 15) is 0 Å². The van der Waals surface area contributed by atoms with Crippen LogP contribution >= 0.6 is 0 Å². The summed E-state index contributed by atoms with van der Waals surface area (Å²) in [6.45, 7) is 10.5. The maximum Gasteiger partial charge on any atom is 0.106 e. The van der Waals surface area contributed by atoms with Crippen molar-refractivity contribution in [1.82, 2.24) is 0 Å². The van der Waals surface area contributed by atoms with E-state index in [0.717, 1.165) is 12.8 Å². The lowest BCUT2D eigenvalue weighted by molar-refractivity contribution is 0.213. The van der Waals surface area contributed by atoms with Crippen molar-refractivity contribution in [2.45, 2.75) is 33.6 Å². The van der Waals surface area contributed by atoms with Gasteiger partial charge in [0.1, 0.15) is 7.11 Å². The van der Waals surface area contributed by atoms with Crippen LogP contribution in [0.2, 0.25) is 0 Å². The Kier molecular flexibility index (Phi) is 5.44. The molecule has 0 spiro atoms. The zero-order valence-corrected chi connectivity index (χ0v) is 9.21. The van der Waals surface area contributed by atoms with Gasteiger partial charge in [-0.1, -0.05) is 32.0 Å². The molecule has 0 aromatic rings. The molecule has 0 aliphatic heterocycles. The van der Waals surface area contributed by atoms with Gasteiger partial charge in [0.2, 0.25) is 0 Å². The average Bonchev–Trinajstić information content (AvgIpc) is 2.02. The van der Waals surface area contributed by atoms with Gasteiger partial charge in [0.25, 0.3) is 0 Å². The molecular formula is C11H21NO. The highest BCUT2D eigenvalue weighted by Gasteiger charge is 2.20. The van der Waals surface area contributed by atoms with E-state index in [0.29, 0.717) is 11.3 Å². The van der Waals surface area contributed by atoms with Crippen LogP contribution in [0.5, 0.6) is 0 Å². The van der Waals surface area contributed by atoms with Gasteiger partial charge in [-0.25, -0.2) is 0 Å². The Bertz CT molecular complexity index is 167. The van der Waals surface area contributed by atoms with Crippen LogP contribution in [0, 0.1) is 11.3 Å². The molecule has 2 nitrogen and oxygen atoms in total. The highest BCUT2D eigenvalue weighted by Crippen LogP contribution is 2.29. The SMILES string of the molecule is C=CC(CCC=NOC)C(C)(C)C. The van der Waals surface area contributed by atoms with Crippen molar-refractivity contribution in [1.29, 1.82) is 0 Å². The van der Waals surface area contributed by atoms with Gasteiger partial charge in [0, 0.05) is 6.21 Å². The normalized spacial score (nSPS) is 14.5. The number of allylic oxidation sites excluding steroid dienone is 1. The lowest BCUT2D eigenvalue weighted by Gasteiger charge is -2.27. The highest BCUT2D eigenvalue weighted by molar-refractivity contribution is 5.56. The van der Waals surface area contributed by atoms with Crippen molar-refractivity contribution in [2.24, 2.45) is 16.5 Å². The zero-order valence-electron chi connectivity index (χ0n) is 9.21. The summed E-state index contributed by atoms with van der Waals surface area (Å²) >= 11 is 0. The molecule has 0 bridgehead atoms. The van der Waals surface area contributed by atoms with Crippen molar-refractivity contribution in [2.75, 3.05) is 7.11 Å². The first-order valence-corrected chi connectivity index (χ1v) is 4.70. The Hall–Kier alpha value is -0.790. The minimum Gasteiger partial charge on any atom is -0.399 e. The number of rotatable bonds is 5. The maximum absolute atomic E-state index is 4.59. The number of oxime groups is 1. The lowest BCUT2D eigenvalue weighted by atomic mass is 9.78. The molecule has 0 aromatic carbocycles. The van der Waals surface area contributed by atoms with Gasteiger partial charge in [0.05, 0.1) is 0 Å². The third-order valence-electron chi connectivity index (χ3n) is 2.18. The minimum atomic E-state index is 0.294. The van der Waals surface area contributed by atoms with Gasteiger partial charge in [-0.3, -0.25) is 0 Å². The lowest BCUT2D eigenvalue weighted by Crippen LogP contribution is -2.18. The second-order valence-electron chi connectivity index (χ2n) is 4.26. The van der Waals surface area contributed by atoms with Gasteiger partial charge in [-0.05, 0) is 24.2 Å². The molecule has 0 aromatic heterocycles. The molecule has 0 saturated heterocycles. The van der Waals surface area contributed by atoms with Crippen molar-refractivity contribution < 1.29 is 4.84 Å². The number of hydrogen-bond acceptors (Lipinski definition) is 2. The molecule has 0 rings (SSSR count). The standard InChI is InChI=1S/C11H21NO/c1-6-10(11(2,3)4)8-7-9-12-13-5/h6,9-10H,1,7-8H2,2-5H3. The molecule has 76 valence electrons. The van der Waals surface area contributed by atoms with Crippen LogP contribution < -0.4 is 0 Å².